The first-order valence-corrected chi connectivity index (χ1v) is 6.11. The fraction of sp³-hybridized carbons (Fsp3) is 0.750. The number of rotatable bonds is 3. The van der Waals surface area contributed by atoms with Crippen LogP contribution in [0.5, 0.6) is 0 Å². The first-order valence-electron chi connectivity index (χ1n) is 6.11. The Morgan fingerprint density at radius 3 is 2.22 bits per heavy atom. The van der Waals surface area contributed by atoms with Gasteiger partial charge in [0.1, 0.15) is 0 Å². The highest BCUT2D eigenvalue weighted by Gasteiger charge is 2.33. The summed E-state index contributed by atoms with van der Waals surface area (Å²) in [5.74, 6) is -0.349. The summed E-state index contributed by atoms with van der Waals surface area (Å²) in [6.45, 7) is 5.95. The molecule has 0 bridgehead atoms. The second-order valence-electron chi connectivity index (χ2n) is 5.68. The van der Waals surface area contributed by atoms with Gasteiger partial charge in [-0.05, 0) is 11.8 Å². The van der Waals surface area contributed by atoms with Crippen LogP contribution in [0, 0.1) is 5.41 Å². The predicted octanol–water partition coefficient (Wildman–Crippen LogP) is 0.609. The van der Waals surface area contributed by atoms with Crippen molar-refractivity contribution in [2.45, 2.75) is 46.1 Å². The van der Waals surface area contributed by atoms with Crippen molar-refractivity contribution in [3.8, 4) is 0 Å². The van der Waals surface area contributed by atoms with Crippen LogP contribution in [-0.2, 0) is 9.59 Å². The van der Waals surface area contributed by atoms with E-state index in [1.165, 1.54) is 4.90 Å². The standard InChI is InChI=1S/C12H21N3O3/c1-12(2,3)8(14-11(13)18)7-15-9(16)5-4-6-10(15)17/h8H,4-7H2,1-3H3,(H3,13,14,18)/t8-/m1/s1. The molecule has 0 aliphatic carbocycles. The highest BCUT2D eigenvalue weighted by Crippen LogP contribution is 2.22. The molecule has 1 fully saturated rings. The van der Waals surface area contributed by atoms with Crippen LogP contribution in [0.25, 0.3) is 0 Å². The fourth-order valence-electron chi connectivity index (χ4n) is 1.89. The number of nitrogens with two attached hydrogens (primary N) is 1. The van der Waals surface area contributed by atoms with E-state index in [0.29, 0.717) is 19.3 Å². The minimum atomic E-state index is -0.646. The molecule has 0 spiro atoms. The molecule has 6 nitrogen and oxygen atoms in total. The van der Waals surface area contributed by atoms with Crippen molar-refractivity contribution in [3.05, 3.63) is 0 Å². The molecule has 0 saturated carbocycles. The van der Waals surface area contributed by atoms with Crippen LogP contribution in [-0.4, -0.2) is 35.3 Å². The monoisotopic (exact) mass is 255 g/mol. The Hall–Kier alpha value is -1.59. The van der Waals surface area contributed by atoms with Gasteiger partial charge in [0.2, 0.25) is 11.8 Å². The van der Waals surface area contributed by atoms with E-state index in [4.69, 9.17) is 5.73 Å². The van der Waals surface area contributed by atoms with E-state index in [1.54, 1.807) is 0 Å². The number of hydrogen-bond donors (Lipinski definition) is 2. The third-order valence-corrected chi connectivity index (χ3v) is 3.11. The van der Waals surface area contributed by atoms with Gasteiger partial charge in [-0.3, -0.25) is 14.5 Å². The molecule has 1 atom stereocenters. The highest BCUT2D eigenvalue weighted by atomic mass is 16.2. The summed E-state index contributed by atoms with van der Waals surface area (Å²) in [6.07, 6.45) is 1.38. The first-order chi connectivity index (χ1) is 8.21. The zero-order valence-corrected chi connectivity index (χ0v) is 11.2. The second-order valence-corrected chi connectivity index (χ2v) is 5.68. The van der Waals surface area contributed by atoms with E-state index in [1.807, 2.05) is 20.8 Å². The zero-order valence-electron chi connectivity index (χ0n) is 11.2. The van der Waals surface area contributed by atoms with E-state index >= 15 is 0 Å². The van der Waals surface area contributed by atoms with E-state index in [9.17, 15) is 14.4 Å². The Kier molecular flexibility index (Phi) is 4.32. The van der Waals surface area contributed by atoms with Crippen molar-refractivity contribution in [2.75, 3.05) is 6.54 Å². The molecule has 3 N–H and O–H groups in total. The summed E-state index contributed by atoms with van der Waals surface area (Å²) in [7, 11) is 0. The summed E-state index contributed by atoms with van der Waals surface area (Å²) >= 11 is 0. The number of amides is 4. The van der Waals surface area contributed by atoms with Gasteiger partial charge in [-0.25, -0.2) is 4.79 Å². The number of piperidine rings is 1. The average molecular weight is 255 g/mol. The summed E-state index contributed by atoms with van der Waals surface area (Å²) in [5, 5.41) is 2.60. The van der Waals surface area contributed by atoms with Crippen molar-refractivity contribution >= 4 is 17.8 Å². The zero-order chi connectivity index (χ0) is 13.9. The maximum absolute atomic E-state index is 11.7. The Labute approximate surface area is 107 Å². The van der Waals surface area contributed by atoms with Gasteiger partial charge in [0.25, 0.3) is 0 Å². The number of carbonyl (C=O) groups is 3. The van der Waals surface area contributed by atoms with Crippen LogP contribution >= 0.6 is 0 Å². The molecule has 0 aromatic rings. The quantitative estimate of drug-likeness (QED) is 0.723. The van der Waals surface area contributed by atoms with E-state index < -0.39 is 6.03 Å². The van der Waals surface area contributed by atoms with Crippen molar-refractivity contribution < 1.29 is 14.4 Å². The van der Waals surface area contributed by atoms with Gasteiger partial charge in [-0.1, -0.05) is 20.8 Å². The molecule has 6 heteroatoms. The Balaban J connectivity index is 2.78. The largest absolute Gasteiger partial charge is 0.352 e. The van der Waals surface area contributed by atoms with Crippen molar-refractivity contribution in [2.24, 2.45) is 11.1 Å². The molecule has 18 heavy (non-hydrogen) atoms. The van der Waals surface area contributed by atoms with E-state index in [0.717, 1.165) is 0 Å². The first kappa shape index (κ1) is 14.5. The molecule has 1 aliphatic rings. The number of nitrogens with one attached hydrogen (secondary N) is 1. The third kappa shape index (κ3) is 3.72. The van der Waals surface area contributed by atoms with Gasteiger partial charge in [0, 0.05) is 19.4 Å². The van der Waals surface area contributed by atoms with E-state index in [-0.39, 0.29) is 29.8 Å². The number of carbonyl (C=O) groups excluding carboxylic acids is 3. The minimum absolute atomic E-state index is 0.174. The molecular formula is C12H21N3O3. The van der Waals surface area contributed by atoms with Gasteiger partial charge in [-0.2, -0.15) is 0 Å². The van der Waals surface area contributed by atoms with Gasteiger partial charge in [0.05, 0.1) is 6.04 Å². The molecule has 1 saturated heterocycles. The average Bonchev–Trinajstić information content (AvgIpc) is 2.20. The number of primary amides is 1. The van der Waals surface area contributed by atoms with Crippen molar-refractivity contribution in [3.63, 3.8) is 0 Å². The lowest BCUT2D eigenvalue weighted by Crippen LogP contribution is -2.55. The Bertz CT molecular complexity index is 344. The van der Waals surface area contributed by atoms with Crippen LogP contribution in [0.15, 0.2) is 0 Å². The topological polar surface area (TPSA) is 92.5 Å². The number of urea groups is 1. The molecular weight excluding hydrogens is 234 g/mol. The number of hydrogen-bond acceptors (Lipinski definition) is 3. The van der Waals surface area contributed by atoms with Crippen LogP contribution in [0.2, 0.25) is 0 Å². The second kappa shape index (κ2) is 5.37. The Morgan fingerprint density at radius 1 is 1.33 bits per heavy atom. The lowest BCUT2D eigenvalue weighted by atomic mass is 9.86. The van der Waals surface area contributed by atoms with Gasteiger partial charge in [-0.15, -0.1) is 0 Å². The molecule has 0 aromatic carbocycles. The molecule has 102 valence electrons. The maximum atomic E-state index is 11.7. The lowest BCUT2D eigenvalue weighted by molar-refractivity contribution is -0.148. The van der Waals surface area contributed by atoms with Crippen LogP contribution in [0.3, 0.4) is 0 Å². The van der Waals surface area contributed by atoms with Crippen LogP contribution < -0.4 is 11.1 Å². The maximum Gasteiger partial charge on any atom is 0.312 e. The summed E-state index contributed by atoms with van der Waals surface area (Å²) < 4.78 is 0. The van der Waals surface area contributed by atoms with Crippen LogP contribution in [0.4, 0.5) is 4.79 Å². The SMILES string of the molecule is CC(C)(C)[C@@H](CN1C(=O)CCCC1=O)NC(N)=O. The molecule has 0 unspecified atom stereocenters. The molecule has 1 rings (SSSR count). The van der Waals surface area contributed by atoms with Crippen LogP contribution in [0.1, 0.15) is 40.0 Å². The minimum Gasteiger partial charge on any atom is -0.352 e. The summed E-state index contributed by atoms with van der Waals surface area (Å²) in [4.78, 5) is 35.6. The van der Waals surface area contributed by atoms with Gasteiger partial charge < -0.3 is 11.1 Å². The molecule has 4 amide bonds. The lowest BCUT2D eigenvalue weighted by Gasteiger charge is -2.35. The van der Waals surface area contributed by atoms with Gasteiger partial charge in [0.15, 0.2) is 0 Å². The van der Waals surface area contributed by atoms with Crippen molar-refractivity contribution in [1.82, 2.24) is 10.2 Å². The summed E-state index contributed by atoms with van der Waals surface area (Å²) in [5.41, 5.74) is 4.84. The fourth-order valence-corrected chi connectivity index (χ4v) is 1.89. The molecule has 0 radical (unpaired) electrons. The predicted molar refractivity (Wildman–Crippen MR) is 66.5 cm³/mol. The number of imide groups is 1. The van der Waals surface area contributed by atoms with Crippen molar-refractivity contribution in [1.29, 1.82) is 0 Å². The van der Waals surface area contributed by atoms with E-state index in [2.05, 4.69) is 5.32 Å². The number of likely N-dealkylation sites (tertiary alicyclic amines) is 1. The molecule has 0 aromatic heterocycles. The van der Waals surface area contributed by atoms with Gasteiger partial charge >= 0.3 is 6.03 Å². The smallest absolute Gasteiger partial charge is 0.312 e. The summed E-state index contributed by atoms with van der Waals surface area (Å²) in [6, 6.07) is -0.993. The normalized spacial score (nSPS) is 18.7. The molecule has 1 aliphatic heterocycles. The highest BCUT2D eigenvalue weighted by molar-refractivity contribution is 5.97. The third-order valence-electron chi connectivity index (χ3n) is 3.11. The number of nitrogens with zero attached hydrogens (tertiary/aromatic N) is 1. The Morgan fingerprint density at radius 2 is 1.83 bits per heavy atom. The molecule has 1 heterocycles.